The Balaban J connectivity index is 2.33. The molecule has 0 radical (unpaired) electrons. The van der Waals surface area contributed by atoms with Crippen molar-refractivity contribution in [2.75, 3.05) is 0 Å². The molecule has 18 heavy (non-hydrogen) atoms. The van der Waals surface area contributed by atoms with Crippen LogP contribution in [0.4, 0.5) is 3.89 Å². The van der Waals surface area contributed by atoms with Crippen molar-refractivity contribution in [3.8, 4) is 11.4 Å². The van der Waals surface area contributed by atoms with Gasteiger partial charge in [0.05, 0.1) is 11.2 Å². The minimum Gasteiger partial charge on any atom is -0.235 e. The van der Waals surface area contributed by atoms with Crippen LogP contribution < -0.4 is 0 Å². The lowest BCUT2D eigenvalue weighted by molar-refractivity contribution is 0.884. The van der Waals surface area contributed by atoms with Gasteiger partial charge < -0.3 is 0 Å². The van der Waals surface area contributed by atoms with E-state index in [-0.39, 0.29) is 12.3 Å². The summed E-state index contributed by atoms with van der Waals surface area (Å²) in [5, 5.41) is 5.26. The maximum absolute atomic E-state index is 13.0. The van der Waals surface area contributed by atoms with E-state index in [1.54, 1.807) is 6.07 Å². The highest BCUT2D eigenvalue weighted by Crippen LogP contribution is 2.31. The topological polar surface area (TPSA) is 43.6 Å². The maximum atomic E-state index is 13.0. The molecular weight excluding hydrogens is 275 g/mol. The molecule has 0 saturated heterocycles. The van der Waals surface area contributed by atoms with Crippen LogP contribution in [-0.4, -0.2) is 19.2 Å². The number of aromatic nitrogens is 4. The molecule has 0 N–H and O–H groups in total. The zero-order valence-electron chi connectivity index (χ0n) is 8.92. The van der Waals surface area contributed by atoms with Crippen molar-refractivity contribution < 1.29 is 3.89 Å². The third-order valence-corrected chi connectivity index (χ3v) is 3.09. The quantitative estimate of drug-likeness (QED) is 0.674. The molecule has 2 aromatic heterocycles. The number of hydrogen-bond acceptors (Lipinski definition) is 4. The van der Waals surface area contributed by atoms with Gasteiger partial charge in [-0.3, -0.25) is 0 Å². The Bertz CT molecular complexity index is 715. The van der Waals surface area contributed by atoms with Crippen molar-refractivity contribution in [2.24, 2.45) is 0 Å². The highest BCUT2D eigenvalue weighted by Gasteiger charge is 2.15. The Labute approximate surface area is 111 Å². The average Bonchev–Trinajstić information content (AvgIpc) is 2.77. The molecule has 0 aliphatic rings. The number of fused-ring (bicyclic) bond motifs is 1. The van der Waals surface area contributed by atoms with Crippen LogP contribution in [0.2, 0.25) is 5.15 Å². The zero-order chi connectivity index (χ0) is 12.5. The van der Waals surface area contributed by atoms with Gasteiger partial charge >= 0.3 is 0 Å². The minimum atomic E-state index is 0.0239. The molecule has 3 rings (SSSR count). The molecule has 90 valence electrons. The van der Waals surface area contributed by atoms with Crippen molar-refractivity contribution in [3.63, 3.8) is 0 Å². The summed E-state index contributed by atoms with van der Waals surface area (Å²) < 4.78 is 14.1. The molecule has 0 atom stereocenters. The van der Waals surface area contributed by atoms with Crippen molar-refractivity contribution in [2.45, 2.75) is 0 Å². The van der Waals surface area contributed by atoms with Gasteiger partial charge in [-0.05, 0) is 6.07 Å². The lowest BCUT2D eigenvalue weighted by atomic mass is 10.2. The molecule has 2 heterocycles. The van der Waals surface area contributed by atoms with Crippen LogP contribution in [0, 0.1) is 0 Å². The van der Waals surface area contributed by atoms with Crippen LogP contribution in [-0.2, 0) is 0 Å². The Kier molecular flexibility index (Phi) is 2.89. The number of halogens is 2. The summed E-state index contributed by atoms with van der Waals surface area (Å²) in [6.07, 6.45) is 1.34. The largest absolute Gasteiger partial charge is 0.235 e. The molecule has 0 fully saturated rings. The third-order valence-electron chi connectivity index (χ3n) is 2.49. The summed E-state index contributed by atoms with van der Waals surface area (Å²) >= 11 is 5.85. The molecule has 0 amide bonds. The van der Waals surface area contributed by atoms with Gasteiger partial charge in [0, 0.05) is 11.5 Å². The second kappa shape index (κ2) is 4.55. The summed E-state index contributed by atoms with van der Waals surface area (Å²) in [6.45, 7) is 0. The van der Waals surface area contributed by atoms with Crippen LogP contribution in [0.15, 0.2) is 36.7 Å². The Morgan fingerprint density at radius 3 is 2.83 bits per heavy atom. The number of nitrogens with zero attached hydrogens (tertiary/aromatic N) is 4. The predicted octanol–water partition coefficient (Wildman–Crippen LogP) is 3.53. The van der Waals surface area contributed by atoms with Gasteiger partial charge in [-0.25, -0.2) is 9.97 Å². The molecule has 7 heteroatoms. The maximum Gasteiger partial charge on any atom is 0.188 e. The van der Waals surface area contributed by atoms with Gasteiger partial charge in [0.1, 0.15) is 17.2 Å². The standard InChI is InChI=1S/C11H6ClFN4S/c12-10-5-9(14-6-15-10)11-7-3-1-2-4-8(7)16-17(11)18-13/h1-6H. The first-order chi connectivity index (χ1) is 8.79. The van der Waals surface area contributed by atoms with E-state index in [9.17, 15) is 3.89 Å². The number of hydrogen-bond donors (Lipinski definition) is 0. The average molecular weight is 281 g/mol. The molecule has 0 unspecified atom stereocenters. The van der Waals surface area contributed by atoms with E-state index in [1.807, 2.05) is 24.3 Å². The molecule has 1 aromatic carbocycles. The first kappa shape index (κ1) is 11.4. The predicted molar refractivity (Wildman–Crippen MR) is 69.9 cm³/mol. The van der Waals surface area contributed by atoms with Gasteiger partial charge in [-0.15, -0.1) is 3.89 Å². The van der Waals surface area contributed by atoms with Crippen molar-refractivity contribution in [3.05, 3.63) is 41.8 Å². The summed E-state index contributed by atoms with van der Waals surface area (Å²) in [5.74, 6) is 0. The normalized spacial score (nSPS) is 11.0. The van der Waals surface area contributed by atoms with Gasteiger partial charge in [0.25, 0.3) is 0 Å². The van der Waals surface area contributed by atoms with Gasteiger partial charge in [-0.1, -0.05) is 29.8 Å². The molecular formula is C11H6ClFN4S. The fourth-order valence-corrected chi connectivity index (χ4v) is 2.29. The van der Waals surface area contributed by atoms with Gasteiger partial charge in [-0.2, -0.15) is 9.19 Å². The molecule has 3 aromatic rings. The van der Waals surface area contributed by atoms with Crippen LogP contribution in [0.3, 0.4) is 0 Å². The molecule has 0 bridgehead atoms. The molecule has 0 aliphatic carbocycles. The molecule has 0 aliphatic heterocycles. The minimum absolute atomic E-state index is 0.0239. The Morgan fingerprint density at radius 1 is 1.22 bits per heavy atom. The van der Waals surface area contributed by atoms with Gasteiger partial charge in [0.15, 0.2) is 12.3 Å². The van der Waals surface area contributed by atoms with Crippen LogP contribution in [0.5, 0.6) is 0 Å². The fraction of sp³-hybridized carbons (Fsp3) is 0. The van der Waals surface area contributed by atoms with E-state index in [4.69, 9.17) is 11.6 Å². The van der Waals surface area contributed by atoms with E-state index < -0.39 is 0 Å². The van der Waals surface area contributed by atoms with Crippen LogP contribution in [0.25, 0.3) is 22.3 Å². The summed E-state index contributed by atoms with van der Waals surface area (Å²) in [6, 6.07) is 8.97. The number of benzene rings is 1. The fourth-order valence-electron chi connectivity index (χ4n) is 1.76. The van der Waals surface area contributed by atoms with E-state index in [0.29, 0.717) is 22.1 Å². The van der Waals surface area contributed by atoms with Gasteiger partial charge in [0.2, 0.25) is 0 Å². The van der Waals surface area contributed by atoms with E-state index in [2.05, 4.69) is 15.1 Å². The molecule has 0 spiro atoms. The molecule has 4 nitrogen and oxygen atoms in total. The van der Waals surface area contributed by atoms with E-state index in [1.165, 1.54) is 10.4 Å². The van der Waals surface area contributed by atoms with Crippen LogP contribution in [0.1, 0.15) is 0 Å². The Morgan fingerprint density at radius 2 is 2.06 bits per heavy atom. The highest BCUT2D eigenvalue weighted by molar-refractivity contribution is 7.92. The lowest BCUT2D eigenvalue weighted by Gasteiger charge is -2.01. The monoisotopic (exact) mass is 280 g/mol. The van der Waals surface area contributed by atoms with E-state index >= 15 is 0 Å². The van der Waals surface area contributed by atoms with Crippen molar-refractivity contribution >= 4 is 34.8 Å². The summed E-state index contributed by atoms with van der Waals surface area (Å²) in [7, 11) is 0. The summed E-state index contributed by atoms with van der Waals surface area (Å²) in [5.41, 5.74) is 1.81. The molecule has 0 saturated carbocycles. The highest BCUT2D eigenvalue weighted by atomic mass is 35.5. The van der Waals surface area contributed by atoms with Crippen molar-refractivity contribution in [1.82, 2.24) is 19.2 Å². The van der Waals surface area contributed by atoms with Crippen molar-refractivity contribution in [1.29, 1.82) is 0 Å². The Hall–Kier alpha value is -1.66. The summed E-state index contributed by atoms with van der Waals surface area (Å²) in [4.78, 5) is 7.91. The first-order valence-corrected chi connectivity index (χ1v) is 6.09. The van der Waals surface area contributed by atoms with E-state index in [0.717, 1.165) is 5.39 Å². The first-order valence-electron chi connectivity index (χ1n) is 5.04. The number of rotatable bonds is 2. The zero-order valence-corrected chi connectivity index (χ0v) is 10.5. The SMILES string of the molecule is FSn1nc2ccccc2c1-c1cc(Cl)ncn1. The smallest absolute Gasteiger partial charge is 0.188 e. The van der Waals surface area contributed by atoms with Crippen LogP contribution >= 0.6 is 23.9 Å². The second-order valence-corrected chi connectivity index (χ2v) is 4.40. The lowest BCUT2D eigenvalue weighted by Crippen LogP contribution is -1.93. The third kappa shape index (κ3) is 1.83. The second-order valence-electron chi connectivity index (χ2n) is 3.53.